The molecule has 0 saturated heterocycles. The number of aryl methyl sites for hydroxylation is 1. The molecular weight excluding hydrogens is 444 g/mol. The van der Waals surface area contributed by atoms with Crippen molar-refractivity contribution in [3.8, 4) is 5.75 Å². The molecule has 2 aromatic carbocycles. The molecule has 6 N–H and O–H groups in total. The summed E-state index contributed by atoms with van der Waals surface area (Å²) in [5, 5.41) is 25.0. The van der Waals surface area contributed by atoms with Crippen LogP contribution in [0.15, 0.2) is 42.5 Å². The quantitative estimate of drug-likeness (QED) is 0.321. The molecule has 2 rings (SSSR count). The van der Waals surface area contributed by atoms with Crippen molar-refractivity contribution in [3.63, 3.8) is 0 Å². The van der Waals surface area contributed by atoms with Gasteiger partial charge in [-0.1, -0.05) is 26.0 Å². The number of aliphatic hydroxyl groups is 1. The van der Waals surface area contributed by atoms with Crippen LogP contribution in [0.1, 0.15) is 37.8 Å². The summed E-state index contributed by atoms with van der Waals surface area (Å²) >= 11 is 0. The standard InChI is InChI=1S/C25H33F2N3O4/c1-25(2,14-29-22(32)5-3-4-17-13-18(26)8-11-20(17)27)15-30-24(34)23(33)21(28)12-16-6-9-19(31)10-7-16/h6-11,13,21,23,31,33H,3-5,12,14-15,28H2,1-2H3,(H,29,32)(H,30,34). The number of aromatic hydroxyl groups is 1. The number of nitrogens with one attached hydrogen (secondary N) is 2. The van der Waals surface area contributed by atoms with Crippen LogP contribution in [0, 0.1) is 17.0 Å². The predicted molar refractivity (Wildman–Crippen MR) is 125 cm³/mol. The van der Waals surface area contributed by atoms with Crippen molar-refractivity contribution in [2.45, 2.75) is 51.7 Å². The third kappa shape index (κ3) is 9.07. The van der Waals surface area contributed by atoms with Gasteiger partial charge in [-0.2, -0.15) is 0 Å². The number of halogens is 2. The minimum absolute atomic E-state index is 0.116. The molecule has 7 nitrogen and oxygen atoms in total. The summed E-state index contributed by atoms with van der Waals surface area (Å²) < 4.78 is 26.9. The number of rotatable bonds is 12. The lowest BCUT2D eigenvalue weighted by Gasteiger charge is -2.27. The Labute approximate surface area is 198 Å². The van der Waals surface area contributed by atoms with Crippen LogP contribution >= 0.6 is 0 Å². The van der Waals surface area contributed by atoms with Gasteiger partial charge >= 0.3 is 0 Å². The predicted octanol–water partition coefficient (Wildman–Crippen LogP) is 2.18. The molecular formula is C25H33F2N3O4. The summed E-state index contributed by atoms with van der Waals surface area (Å²) in [6.07, 6.45) is -0.382. The van der Waals surface area contributed by atoms with E-state index >= 15 is 0 Å². The van der Waals surface area contributed by atoms with Gasteiger partial charge in [-0.15, -0.1) is 0 Å². The molecule has 0 fully saturated rings. The van der Waals surface area contributed by atoms with Crippen molar-refractivity contribution < 1.29 is 28.6 Å². The fraction of sp³-hybridized carbons (Fsp3) is 0.440. The first kappa shape index (κ1) is 27.2. The highest BCUT2D eigenvalue weighted by Crippen LogP contribution is 2.15. The van der Waals surface area contributed by atoms with Gasteiger partial charge in [0.05, 0.1) is 0 Å². The monoisotopic (exact) mass is 477 g/mol. The first-order chi connectivity index (χ1) is 16.0. The Balaban J connectivity index is 1.70. The molecule has 9 heteroatoms. The lowest BCUT2D eigenvalue weighted by Crippen LogP contribution is -2.50. The van der Waals surface area contributed by atoms with E-state index in [0.29, 0.717) is 6.42 Å². The van der Waals surface area contributed by atoms with Gasteiger partial charge in [0, 0.05) is 25.6 Å². The van der Waals surface area contributed by atoms with E-state index in [-0.39, 0.29) is 49.6 Å². The van der Waals surface area contributed by atoms with Gasteiger partial charge in [-0.3, -0.25) is 9.59 Å². The van der Waals surface area contributed by atoms with Crippen LogP contribution in [0.25, 0.3) is 0 Å². The van der Waals surface area contributed by atoms with Gasteiger partial charge in [0.1, 0.15) is 23.5 Å². The number of nitrogens with two attached hydrogens (primary N) is 1. The second kappa shape index (κ2) is 12.4. The zero-order valence-corrected chi connectivity index (χ0v) is 19.5. The topological polar surface area (TPSA) is 125 Å². The third-order valence-electron chi connectivity index (χ3n) is 5.44. The number of hydrogen-bond acceptors (Lipinski definition) is 5. The van der Waals surface area contributed by atoms with Gasteiger partial charge in [0.2, 0.25) is 11.8 Å². The maximum Gasteiger partial charge on any atom is 0.250 e. The second-order valence-corrected chi connectivity index (χ2v) is 9.23. The number of phenols is 1. The maximum atomic E-state index is 13.6. The molecule has 0 aliphatic rings. The number of phenolic OH excluding ortho intramolecular Hbond substituents is 1. The Hall–Kier alpha value is -3.04. The largest absolute Gasteiger partial charge is 0.508 e. The fourth-order valence-electron chi connectivity index (χ4n) is 3.30. The van der Waals surface area contributed by atoms with Crippen LogP contribution < -0.4 is 16.4 Å². The van der Waals surface area contributed by atoms with Gasteiger partial charge in [0.15, 0.2) is 0 Å². The summed E-state index contributed by atoms with van der Waals surface area (Å²) in [4.78, 5) is 24.4. The van der Waals surface area contributed by atoms with E-state index < -0.39 is 35.1 Å². The minimum atomic E-state index is -1.41. The molecule has 0 spiro atoms. The first-order valence-electron chi connectivity index (χ1n) is 11.2. The highest BCUT2D eigenvalue weighted by molar-refractivity contribution is 5.81. The maximum absolute atomic E-state index is 13.6. The zero-order valence-electron chi connectivity index (χ0n) is 19.5. The molecule has 0 aliphatic carbocycles. The molecule has 2 amide bonds. The molecule has 2 unspecified atom stereocenters. The van der Waals surface area contributed by atoms with Crippen LogP contribution in [0.4, 0.5) is 8.78 Å². The summed E-state index contributed by atoms with van der Waals surface area (Å²) in [5.74, 6) is -1.74. The SMILES string of the molecule is CC(C)(CNC(=O)CCCc1cc(F)ccc1F)CNC(=O)C(O)C(N)Cc1ccc(O)cc1. The Bertz CT molecular complexity index is 967. The third-order valence-corrected chi connectivity index (χ3v) is 5.44. The Morgan fingerprint density at radius 1 is 1.06 bits per heavy atom. The van der Waals surface area contributed by atoms with Crippen LogP contribution in [0.2, 0.25) is 0 Å². The van der Waals surface area contributed by atoms with Crippen LogP contribution in [-0.4, -0.2) is 47.3 Å². The van der Waals surface area contributed by atoms with Gasteiger partial charge < -0.3 is 26.6 Å². The molecule has 2 atom stereocenters. The lowest BCUT2D eigenvalue weighted by molar-refractivity contribution is -0.130. The van der Waals surface area contributed by atoms with Gasteiger partial charge in [-0.05, 0) is 66.1 Å². The molecule has 2 aromatic rings. The molecule has 186 valence electrons. The molecule has 0 saturated carbocycles. The van der Waals surface area contributed by atoms with Crippen molar-refractivity contribution in [1.82, 2.24) is 10.6 Å². The number of aliphatic hydroxyl groups excluding tert-OH is 1. The summed E-state index contributed by atoms with van der Waals surface area (Å²) in [6, 6.07) is 8.77. The summed E-state index contributed by atoms with van der Waals surface area (Å²) in [7, 11) is 0. The molecule has 0 aromatic heterocycles. The number of carbonyl (C=O) groups is 2. The van der Waals surface area contributed by atoms with Crippen LogP contribution in [-0.2, 0) is 22.4 Å². The molecule has 0 bridgehead atoms. The average Bonchev–Trinajstić information content (AvgIpc) is 2.79. The number of carbonyl (C=O) groups excluding carboxylic acids is 2. The molecule has 34 heavy (non-hydrogen) atoms. The first-order valence-corrected chi connectivity index (χ1v) is 11.2. The molecule has 0 radical (unpaired) electrons. The van der Waals surface area contributed by atoms with Crippen LogP contribution in [0.3, 0.4) is 0 Å². The lowest BCUT2D eigenvalue weighted by atomic mass is 9.93. The Morgan fingerprint density at radius 2 is 1.71 bits per heavy atom. The van der Waals surface area contributed by atoms with E-state index in [9.17, 15) is 28.6 Å². The second-order valence-electron chi connectivity index (χ2n) is 9.23. The van der Waals surface area contributed by atoms with Crippen molar-refractivity contribution in [3.05, 3.63) is 65.2 Å². The van der Waals surface area contributed by atoms with Crippen molar-refractivity contribution in [2.24, 2.45) is 11.1 Å². The number of amides is 2. The van der Waals surface area contributed by atoms with E-state index in [1.807, 2.05) is 13.8 Å². The average molecular weight is 478 g/mol. The zero-order chi connectivity index (χ0) is 25.3. The highest BCUT2D eigenvalue weighted by Gasteiger charge is 2.26. The van der Waals surface area contributed by atoms with Crippen molar-refractivity contribution in [1.29, 1.82) is 0 Å². The minimum Gasteiger partial charge on any atom is -0.508 e. The normalized spacial score (nSPS) is 13.2. The summed E-state index contributed by atoms with van der Waals surface area (Å²) in [5.41, 5.74) is 6.47. The Morgan fingerprint density at radius 3 is 2.38 bits per heavy atom. The van der Waals surface area contributed by atoms with E-state index in [1.165, 1.54) is 12.1 Å². The van der Waals surface area contributed by atoms with E-state index in [2.05, 4.69) is 10.6 Å². The summed E-state index contributed by atoms with van der Waals surface area (Å²) in [6.45, 7) is 4.16. The number of hydrogen-bond donors (Lipinski definition) is 5. The molecule has 0 aliphatic heterocycles. The highest BCUT2D eigenvalue weighted by atomic mass is 19.1. The van der Waals surface area contributed by atoms with E-state index in [4.69, 9.17) is 5.73 Å². The van der Waals surface area contributed by atoms with Gasteiger partial charge in [-0.25, -0.2) is 8.78 Å². The van der Waals surface area contributed by atoms with Crippen LogP contribution in [0.5, 0.6) is 5.75 Å². The molecule has 0 heterocycles. The van der Waals surface area contributed by atoms with E-state index in [0.717, 1.165) is 23.8 Å². The fourth-order valence-corrected chi connectivity index (χ4v) is 3.30. The van der Waals surface area contributed by atoms with E-state index in [1.54, 1.807) is 12.1 Å². The van der Waals surface area contributed by atoms with Crippen molar-refractivity contribution in [2.75, 3.05) is 13.1 Å². The Kier molecular flexibility index (Phi) is 9.95. The van der Waals surface area contributed by atoms with Gasteiger partial charge in [0.25, 0.3) is 0 Å². The number of benzene rings is 2. The smallest absolute Gasteiger partial charge is 0.250 e. The van der Waals surface area contributed by atoms with Crippen molar-refractivity contribution >= 4 is 11.8 Å².